The highest BCUT2D eigenvalue weighted by molar-refractivity contribution is 6.32. The van der Waals surface area contributed by atoms with Gasteiger partial charge in [0, 0.05) is 16.8 Å². The summed E-state index contributed by atoms with van der Waals surface area (Å²) >= 11 is 12.1. The van der Waals surface area contributed by atoms with Crippen molar-refractivity contribution < 1.29 is 0 Å². The minimum atomic E-state index is 0.499. The van der Waals surface area contributed by atoms with Crippen LogP contribution >= 0.6 is 23.2 Å². The van der Waals surface area contributed by atoms with Crippen LogP contribution in [0.15, 0.2) is 54.6 Å². The van der Waals surface area contributed by atoms with Gasteiger partial charge in [-0.25, -0.2) is 4.98 Å². The summed E-state index contributed by atoms with van der Waals surface area (Å²) in [6.45, 7) is 0. The maximum Gasteiger partial charge on any atom is 0.137 e. The molecule has 0 unspecified atom stereocenters. The Morgan fingerprint density at radius 2 is 1.74 bits per heavy atom. The summed E-state index contributed by atoms with van der Waals surface area (Å²) in [5.41, 5.74) is 3.98. The van der Waals surface area contributed by atoms with Crippen molar-refractivity contribution in [2.45, 2.75) is 5.88 Å². The van der Waals surface area contributed by atoms with Crippen molar-refractivity contribution in [1.29, 1.82) is 0 Å². The number of alkyl halides is 1. The molecule has 0 fully saturated rings. The maximum atomic E-state index is 6.27. The van der Waals surface area contributed by atoms with Crippen molar-refractivity contribution in [3.8, 4) is 11.1 Å². The third kappa shape index (κ3) is 2.44. The van der Waals surface area contributed by atoms with E-state index < -0.39 is 0 Å². The van der Waals surface area contributed by atoms with Gasteiger partial charge >= 0.3 is 0 Å². The molecule has 3 rings (SSSR count). The second-order valence-electron chi connectivity index (χ2n) is 4.35. The summed E-state index contributed by atoms with van der Waals surface area (Å²) in [5, 5.41) is 1.58. The highest BCUT2D eigenvalue weighted by Gasteiger charge is 2.07. The second-order valence-corrected chi connectivity index (χ2v) is 4.98. The van der Waals surface area contributed by atoms with E-state index in [1.54, 1.807) is 0 Å². The molecule has 0 aliphatic heterocycles. The quantitative estimate of drug-likeness (QED) is 0.461. The van der Waals surface area contributed by atoms with Crippen LogP contribution in [0.4, 0.5) is 0 Å². The molecule has 3 heteroatoms. The number of rotatable bonds is 2. The van der Waals surface area contributed by atoms with Crippen LogP contribution in [0, 0.1) is 0 Å². The summed E-state index contributed by atoms with van der Waals surface area (Å²) in [5.74, 6) is 0.499. The summed E-state index contributed by atoms with van der Waals surface area (Å²) in [4.78, 5) is 4.45. The molecule has 0 saturated carbocycles. The number of nitrogens with zero attached hydrogens (tertiary/aromatic N) is 1. The Morgan fingerprint density at radius 3 is 2.47 bits per heavy atom. The minimum absolute atomic E-state index is 0.499. The van der Waals surface area contributed by atoms with Crippen molar-refractivity contribution in [2.75, 3.05) is 0 Å². The molecular weight excluding hydrogens is 277 g/mol. The molecule has 1 nitrogen and oxygen atoms in total. The number of hydrogen-bond acceptors (Lipinski definition) is 1. The average Bonchev–Trinajstić information content (AvgIpc) is 2.47. The fraction of sp³-hybridized carbons (Fsp3) is 0.0625. The van der Waals surface area contributed by atoms with Gasteiger partial charge in [0.2, 0.25) is 0 Å². The fourth-order valence-electron chi connectivity index (χ4n) is 2.11. The van der Waals surface area contributed by atoms with Crippen LogP contribution in [0.5, 0.6) is 0 Å². The van der Waals surface area contributed by atoms with Gasteiger partial charge in [0.1, 0.15) is 5.15 Å². The summed E-state index contributed by atoms with van der Waals surface area (Å²) in [7, 11) is 0. The molecule has 0 amide bonds. The van der Waals surface area contributed by atoms with Crippen molar-refractivity contribution >= 4 is 34.1 Å². The summed E-state index contributed by atoms with van der Waals surface area (Å²) in [6.07, 6.45) is 0. The lowest BCUT2D eigenvalue weighted by molar-refractivity contribution is 1.37. The maximum absolute atomic E-state index is 6.27. The molecule has 0 radical (unpaired) electrons. The standard InChI is InChI=1S/C16H11Cl2N/c17-10-11-6-7-15-13(8-11)9-14(16(18)19-15)12-4-2-1-3-5-12/h1-9H,10H2. The monoisotopic (exact) mass is 287 g/mol. The zero-order valence-corrected chi connectivity index (χ0v) is 11.6. The molecular formula is C16H11Cl2N. The molecule has 0 saturated heterocycles. The van der Waals surface area contributed by atoms with E-state index >= 15 is 0 Å². The molecule has 1 heterocycles. The van der Waals surface area contributed by atoms with Crippen LogP contribution in [0.1, 0.15) is 5.56 Å². The zero-order valence-electron chi connectivity index (χ0n) is 10.1. The number of fused-ring (bicyclic) bond motifs is 1. The topological polar surface area (TPSA) is 12.9 Å². The van der Waals surface area contributed by atoms with Gasteiger partial charge < -0.3 is 0 Å². The first kappa shape index (κ1) is 12.5. The van der Waals surface area contributed by atoms with Crippen LogP contribution in [0.3, 0.4) is 0 Å². The third-order valence-electron chi connectivity index (χ3n) is 3.07. The number of aromatic nitrogens is 1. The van der Waals surface area contributed by atoms with Crippen LogP contribution in [-0.2, 0) is 5.88 Å². The van der Waals surface area contributed by atoms with Gasteiger partial charge in [0.05, 0.1) is 5.52 Å². The third-order valence-corrected chi connectivity index (χ3v) is 3.67. The van der Waals surface area contributed by atoms with E-state index in [9.17, 15) is 0 Å². The Labute approximate surface area is 121 Å². The molecule has 0 atom stereocenters. The molecule has 0 aliphatic carbocycles. The second kappa shape index (κ2) is 5.20. The predicted octanol–water partition coefficient (Wildman–Crippen LogP) is 5.29. The average molecular weight is 288 g/mol. The van der Waals surface area contributed by atoms with Crippen molar-refractivity contribution in [1.82, 2.24) is 4.98 Å². The Kier molecular flexibility index (Phi) is 3.41. The first-order valence-corrected chi connectivity index (χ1v) is 6.90. The highest BCUT2D eigenvalue weighted by Crippen LogP contribution is 2.30. The van der Waals surface area contributed by atoms with E-state index in [0.717, 1.165) is 27.6 Å². The van der Waals surface area contributed by atoms with Gasteiger partial charge in [-0.1, -0.05) is 48.0 Å². The smallest absolute Gasteiger partial charge is 0.137 e. The van der Waals surface area contributed by atoms with Gasteiger partial charge in [-0.2, -0.15) is 0 Å². The lowest BCUT2D eigenvalue weighted by atomic mass is 10.0. The van der Waals surface area contributed by atoms with Crippen LogP contribution < -0.4 is 0 Å². The Balaban J connectivity index is 2.23. The summed E-state index contributed by atoms with van der Waals surface area (Å²) < 4.78 is 0. The minimum Gasteiger partial charge on any atom is -0.235 e. The van der Waals surface area contributed by atoms with Gasteiger partial charge in [-0.3, -0.25) is 0 Å². The predicted molar refractivity (Wildman–Crippen MR) is 81.7 cm³/mol. The molecule has 1 aromatic heterocycles. The molecule has 2 aromatic carbocycles. The lowest BCUT2D eigenvalue weighted by Gasteiger charge is -2.07. The SMILES string of the molecule is ClCc1ccc2nc(Cl)c(-c3ccccc3)cc2c1. The lowest BCUT2D eigenvalue weighted by Crippen LogP contribution is -1.87. The van der Waals surface area contributed by atoms with Crippen LogP contribution in [0.2, 0.25) is 5.15 Å². The van der Waals surface area contributed by atoms with E-state index in [2.05, 4.69) is 17.1 Å². The molecule has 94 valence electrons. The molecule has 0 aliphatic rings. The van der Waals surface area contributed by atoms with E-state index in [0.29, 0.717) is 11.0 Å². The zero-order chi connectivity index (χ0) is 13.2. The normalized spacial score (nSPS) is 10.8. The van der Waals surface area contributed by atoms with E-state index in [1.165, 1.54) is 0 Å². The number of pyridine rings is 1. The van der Waals surface area contributed by atoms with Crippen molar-refractivity contribution in [3.05, 3.63) is 65.3 Å². The molecule has 0 N–H and O–H groups in total. The van der Waals surface area contributed by atoms with E-state index in [1.807, 2.05) is 42.5 Å². The Bertz CT molecular complexity index is 723. The van der Waals surface area contributed by atoms with Gasteiger partial charge in [0.15, 0.2) is 0 Å². The van der Waals surface area contributed by atoms with Crippen LogP contribution in [-0.4, -0.2) is 4.98 Å². The molecule has 19 heavy (non-hydrogen) atoms. The van der Waals surface area contributed by atoms with Crippen molar-refractivity contribution in [2.24, 2.45) is 0 Å². The van der Waals surface area contributed by atoms with E-state index in [4.69, 9.17) is 23.2 Å². The Hall–Kier alpha value is -1.57. The first-order valence-electron chi connectivity index (χ1n) is 5.98. The largest absolute Gasteiger partial charge is 0.235 e. The first-order chi connectivity index (χ1) is 9.28. The Morgan fingerprint density at radius 1 is 0.947 bits per heavy atom. The van der Waals surface area contributed by atoms with Gasteiger partial charge in [-0.15, -0.1) is 11.6 Å². The highest BCUT2D eigenvalue weighted by atomic mass is 35.5. The molecule has 3 aromatic rings. The fourth-order valence-corrected chi connectivity index (χ4v) is 2.53. The summed E-state index contributed by atoms with van der Waals surface area (Å²) in [6, 6.07) is 18.1. The van der Waals surface area contributed by atoms with Gasteiger partial charge in [0.25, 0.3) is 0 Å². The number of benzene rings is 2. The molecule has 0 bridgehead atoms. The van der Waals surface area contributed by atoms with Crippen LogP contribution in [0.25, 0.3) is 22.0 Å². The van der Waals surface area contributed by atoms with E-state index in [-0.39, 0.29) is 0 Å². The molecule has 0 spiro atoms. The van der Waals surface area contributed by atoms with Crippen molar-refractivity contribution in [3.63, 3.8) is 0 Å². The van der Waals surface area contributed by atoms with Gasteiger partial charge in [-0.05, 0) is 29.3 Å². The number of halogens is 2. The number of hydrogen-bond donors (Lipinski definition) is 0.